The molecule has 0 aliphatic rings. The number of fused-ring (bicyclic) bond motifs is 2. The number of nitrogens with one attached hydrogen (secondary N) is 4. The van der Waals surface area contributed by atoms with Gasteiger partial charge in [-0.15, -0.1) is 0 Å². The fourth-order valence-electron chi connectivity index (χ4n) is 5.37. The number of aromatic nitrogens is 2. The molecule has 0 radical (unpaired) electrons. The molecule has 0 aliphatic carbocycles. The van der Waals surface area contributed by atoms with Crippen LogP contribution in [-0.4, -0.2) is 42.8 Å². The van der Waals surface area contributed by atoms with E-state index in [-0.39, 0.29) is 34.1 Å². The van der Waals surface area contributed by atoms with E-state index in [9.17, 15) is 40.5 Å². The lowest BCUT2D eigenvalue weighted by atomic mass is 10.1. The van der Waals surface area contributed by atoms with Crippen LogP contribution in [0.2, 0.25) is 0 Å². The molecular formula is C33H30N8O8. The van der Waals surface area contributed by atoms with E-state index in [0.717, 1.165) is 50.6 Å². The quantitative estimate of drug-likeness (QED) is 0.0738. The minimum atomic E-state index is -0.650. The van der Waals surface area contributed by atoms with Crippen molar-refractivity contribution in [1.82, 2.24) is 9.97 Å². The van der Waals surface area contributed by atoms with E-state index in [1.165, 1.54) is 24.3 Å². The Morgan fingerprint density at radius 3 is 1.57 bits per heavy atom. The molecule has 0 saturated heterocycles. The molecular weight excluding hydrogens is 636 g/mol. The molecule has 6 rings (SSSR count). The number of rotatable bonds is 12. The van der Waals surface area contributed by atoms with Gasteiger partial charge in [0.05, 0.1) is 31.8 Å². The van der Waals surface area contributed by atoms with Crippen LogP contribution >= 0.6 is 0 Å². The van der Waals surface area contributed by atoms with E-state index in [0.29, 0.717) is 25.9 Å². The van der Waals surface area contributed by atoms with Crippen LogP contribution in [0.4, 0.5) is 34.1 Å². The lowest BCUT2D eigenvalue weighted by Gasteiger charge is -2.07. The van der Waals surface area contributed by atoms with Crippen molar-refractivity contribution >= 4 is 55.9 Å². The van der Waals surface area contributed by atoms with Crippen LogP contribution in [0.5, 0.6) is 0 Å². The first kappa shape index (κ1) is 33.5. The van der Waals surface area contributed by atoms with Gasteiger partial charge in [0, 0.05) is 59.4 Å². The highest BCUT2D eigenvalue weighted by Crippen LogP contribution is 2.30. The molecule has 2 heterocycles. The molecule has 0 aliphatic heterocycles. The lowest BCUT2D eigenvalue weighted by Crippen LogP contribution is -2.07. The Morgan fingerprint density at radius 1 is 0.571 bits per heavy atom. The van der Waals surface area contributed by atoms with E-state index in [1.807, 2.05) is 55.7 Å². The number of hydrogen-bond donors (Lipinski definition) is 4. The summed E-state index contributed by atoms with van der Waals surface area (Å²) < 4.78 is 0. The van der Waals surface area contributed by atoms with Crippen LogP contribution in [0.25, 0.3) is 21.8 Å². The molecule has 0 bridgehead atoms. The summed E-state index contributed by atoms with van der Waals surface area (Å²) in [6.45, 7) is 2.97. The molecule has 0 atom stereocenters. The lowest BCUT2D eigenvalue weighted by molar-refractivity contribution is -0.393. The Bertz CT molecular complexity index is 2190. The van der Waals surface area contributed by atoms with Gasteiger partial charge in [0.15, 0.2) is 0 Å². The zero-order chi connectivity index (χ0) is 35.1. The molecule has 16 heteroatoms. The zero-order valence-corrected chi connectivity index (χ0v) is 26.0. The Balaban J connectivity index is 0.000000191. The third kappa shape index (κ3) is 7.94. The molecule has 0 saturated carbocycles. The van der Waals surface area contributed by atoms with Crippen molar-refractivity contribution < 1.29 is 19.7 Å². The maximum Gasteiger partial charge on any atom is 0.299 e. The topological polar surface area (TPSA) is 228 Å². The van der Waals surface area contributed by atoms with Gasteiger partial charge in [0.25, 0.3) is 22.7 Å². The van der Waals surface area contributed by atoms with Crippen molar-refractivity contribution in [2.24, 2.45) is 0 Å². The molecule has 6 aromatic rings. The smallest absolute Gasteiger partial charge is 0.299 e. The van der Waals surface area contributed by atoms with Gasteiger partial charge in [-0.1, -0.05) is 29.8 Å². The van der Waals surface area contributed by atoms with Crippen molar-refractivity contribution in [3.63, 3.8) is 0 Å². The van der Waals surface area contributed by atoms with Crippen LogP contribution in [0.15, 0.2) is 91.3 Å². The molecule has 49 heavy (non-hydrogen) atoms. The number of para-hydroxylation sites is 1. The molecule has 0 amide bonds. The summed E-state index contributed by atoms with van der Waals surface area (Å²) in [7, 11) is 0. The number of H-pyrrole nitrogens is 2. The largest absolute Gasteiger partial charge is 0.379 e. The number of anilines is 2. The first-order valence-electron chi connectivity index (χ1n) is 15.0. The maximum atomic E-state index is 11.1. The summed E-state index contributed by atoms with van der Waals surface area (Å²) in [6.07, 6.45) is 5.17. The number of benzene rings is 4. The molecule has 0 spiro atoms. The van der Waals surface area contributed by atoms with E-state index in [1.54, 1.807) is 0 Å². The number of nitro benzene ring substituents is 4. The highest BCUT2D eigenvalue weighted by Gasteiger charge is 2.20. The highest BCUT2D eigenvalue weighted by atomic mass is 16.6. The monoisotopic (exact) mass is 666 g/mol. The minimum absolute atomic E-state index is 0.269. The predicted molar refractivity (Wildman–Crippen MR) is 185 cm³/mol. The number of hydrogen-bond acceptors (Lipinski definition) is 10. The van der Waals surface area contributed by atoms with Gasteiger partial charge in [0.2, 0.25) is 0 Å². The third-order valence-corrected chi connectivity index (χ3v) is 7.80. The number of non-ortho nitro benzene ring substituents is 2. The minimum Gasteiger partial charge on any atom is -0.379 e. The number of nitrogens with zero attached hydrogens (tertiary/aromatic N) is 4. The number of nitro groups is 4. The van der Waals surface area contributed by atoms with Gasteiger partial charge >= 0.3 is 0 Å². The molecule has 4 N–H and O–H groups in total. The number of aromatic amines is 2. The Morgan fingerprint density at radius 2 is 1.06 bits per heavy atom. The van der Waals surface area contributed by atoms with Gasteiger partial charge in [-0.25, -0.2) is 0 Å². The highest BCUT2D eigenvalue weighted by molar-refractivity contribution is 5.84. The fourth-order valence-corrected chi connectivity index (χ4v) is 5.37. The van der Waals surface area contributed by atoms with Crippen molar-refractivity contribution in [2.45, 2.75) is 19.8 Å². The van der Waals surface area contributed by atoms with Crippen molar-refractivity contribution in [3.05, 3.63) is 148 Å². The van der Waals surface area contributed by atoms with Crippen LogP contribution in [-0.2, 0) is 12.8 Å². The average molecular weight is 667 g/mol. The second-order valence-electron chi connectivity index (χ2n) is 11.0. The Hall–Kier alpha value is -6.84. The summed E-state index contributed by atoms with van der Waals surface area (Å²) in [5.41, 5.74) is 4.78. The van der Waals surface area contributed by atoms with Crippen molar-refractivity contribution in [2.75, 3.05) is 23.7 Å². The van der Waals surface area contributed by atoms with Crippen LogP contribution in [0, 0.1) is 47.4 Å². The summed E-state index contributed by atoms with van der Waals surface area (Å²) in [5, 5.41) is 52.0. The summed E-state index contributed by atoms with van der Waals surface area (Å²) in [5.74, 6) is 0. The zero-order valence-electron chi connectivity index (χ0n) is 26.0. The fraction of sp³-hybridized carbons (Fsp3) is 0.152. The standard InChI is InChI=1S/C17H16N4O4.C16H14N4O4/c1-11-2-4-15-14(8-11)12(10-19-15)6-7-18-16-5-3-13(20(22)23)9-17(16)21(24)25;21-19(22)12-5-6-15(16(9-12)20(23)24)17-8-7-11-10-18-14-4-2-1-3-13(11)14/h2-5,8-10,18-19H,6-7H2,1H3;1-6,9-10,17-18H,7-8H2. The Labute approximate surface area is 277 Å². The van der Waals surface area contributed by atoms with E-state index in [4.69, 9.17) is 0 Å². The van der Waals surface area contributed by atoms with Crippen LogP contribution in [0.3, 0.4) is 0 Å². The molecule has 0 fully saturated rings. The number of aryl methyl sites for hydroxylation is 1. The summed E-state index contributed by atoms with van der Waals surface area (Å²) >= 11 is 0. The molecule has 2 aromatic heterocycles. The van der Waals surface area contributed by atoms with Gasteiger partial charge in [-0.2, -0.15) is 0 Å². The van der Waals surface area contributed by atoms with Crippen molar-refractivity contribution in [3.8, 4) is 0 Å². The van der Waals surface area contributed by atoms with E-state index >= 15 is 0 Å². The van der Waals surface area contributed by atoms with Crippen molar-refractivity contribution in [1.29, 1.82) is 0 Å². The Kier molecular flexibility index (Phi) is 10.1. The summed E-state index contributed by atoms with van der Waals surface area (Å²) in [4.78, 5) is 47.6. The maximum absolute atomic E-state index is 11.1. The first-order chi connectivity index (χ1) is 23.5. The van der Waals surface area contributed by atoms with Crippen LogP contribution in [0.1, 0.15) is 16.7 Å². The van der Waals surface area contributed by atoms with Gasteiger partial charge < -0.3 is 20.6 Å². The second-order valence-corrected chi connectivity index (χ2v) is 11.0. The van der Waals surface area contributed by atoms with E-state index < -0.39 is 19.7 Å². The normalized spacial score (nSPS) is 10.7. The van der Waals surface area contributed by atoms with E-state index in [2.05, 4.69) is 26.7 Å². The molecule has 16 nitrogen and oxygen atoms in total. The van der Waals surface area contributed by atoms with Gasteiger partial charge in [0.1, 0.15) is 11.4 Å². The average Bonchev–Trinajstić information content (AvgIpc) is 3.68. The van der Waals surface area contributed by atoms with Crippen LogP contribution < -0.4 is 10.6 Å². The SMILES string of the molecule is Cc1ccc2[nH]cc(CCNc3ccc([N+](=O)[O-])cc3[N+](=O)[O-])c2c1.O=[N+]([O-])c1ccc(NCCc2c[nH]c3ccccc23)c([N+](=O)[O-])c1. The van der Waals surface area contributed by atoms with Gasteiger partial charge in [-0.3, -0.25) is 40.5 Å². The molecule has 250 valence electrons. The second kappa shape index (κ2) is 14.7. The molecule has 0 unspecified atom stereocenters. The predicted octanol–water partition coefficient (Wildman–Crippen LogP) is 7.59. The van der Waals surface area contributed by atoms with Gasteiger partial charge in [-0.05, 0) is 61.2 Å². The first-order valence-corrected chi connectivity index (χ1v) is 15.0. The molecule has 4 aromatic carbocycles. The third-order valence-electron chi connectivity index (χ3n) is 7.80. The summed E-state index contributed by atoms with van der Waals surface area (Å²) in [6, 6.07) is 21.2.